The molecule has 1 amide bonds. The van der Waals surface area contributed by atoms with E-state index in [-0.39, 0.29) is 23.0 Å². The lowest BCUT2D eigenvalue weighted by atomic mass is 10.2. The number of nitrogens with one attached hydrogen (secondary N) is 1. The Morgan fingerprint density at radius 3 is 2.83 bits per heavy atom. The Balaban J connectivity index is 2.04. The third-order valence-corrected chi connectivity index (χ3v) is 2.98. The van der Waals surface area contributed by atoms with Gasteiger partial charge >= 0.3 is 0 Å². The summed E-state index contributed by atoms with van der Waals surface area (Å²) >= 11 is 0. The molecule has 0 aromatic carbocycles. The molecule has 0 radical (unpaired) electrons. The highest BCUT2D eigenvalue weighted by Crippen LogP contribution is 2.18. The van der Waals surface area contributed by atoms with E-state index >= 15 is 0 Å². The van der Waals surface area contributed by atoms with Crippen molar-refractivity contribution in [3.05, 3.63) is 39.7 Å². The molecule has 10 nitrogen and oxygen atoms in total. The summed E-state index contributed by atoms with van der Waals surface area (Å²) in [4.78, 5) is 29.5. The molecule has 0 atom stereocenters. The van der Waals surface area contributed by atoms with Crippen molar-refractivity contribution in [1.29, 1.82) is 0 Å². The maximum atomic E-state index is 11.4. The van der Waals surface area contributed by atoms with Crippen LogP contribution in [0.2, 0.25) is 0 Å². The van der Waals surface area contributed by atoms with Crippen molar-refractivity contribution in [2.45, 2.75) is 26.2 Å². The number of carbonyl (C=O) groups is 1. The summed E-state index contributed by atoms with van der Waals surface area (Å²) in [5.74, 6) is 0.601. The molecule has 0 aliphatic carbocycles. The Hall–Kier alpha value is -3.04. The summed E-state index contributed by atoms with van der Waals surface area (Å²) in [7, 11) is 0. The number of nitro groups is 1. The van der Waals surface area contributed by atoms with Crippen molar-refractivity contribution < 1.29 is 14.2 Å². The minimum atomic E-state index is -0.802. The SMILES string of the molecule is CC(C)c1noc(CCNc2ncc([N+](=O)[O-])cc2C(N)=O)n1. The number of aromatic nitrogens is 3. The standard InChI is InChI=1S/C13H16N6O4/c1-7(2)12-17-10(23-18-12)3-4-15-13-9(11(14)20)5-8(6-16-13)19(21)22/h5-7H,3-4H2,1-2H3,(H2,14,20)(H,15,16). The highest BCUT2D eigenvalue weighted by Gasteiger charge is 2.16. The van der Waals surface area contributed by atoms with Crippen LogP contribution < -0.4 is 11.1 Å². The molecule has 0 unspecified atom stereocenters. The Labute approximate surface area is 131 Å². The van der Waals surface area contributed by atoms with Crippen LogP contribution in [0.15, 0.2) is 16.8 Å². The van der Waals surface area contributed by atoms with Gasteiger partial charge in [-0.05, 0) is 0 Å². The number of hydrogen-bond acceptors (Lipinski definition) is 8. The molecule has 122 valence electrons. The van der Waals surface area contributed by atoms with Gasteiger partial charge in [0.25, 0.3) is 11.6 Å². The first kappa shape index (κ1) is 16.3. The second-order valence-electron chi connectivity index (χ2n) is 5.09. The zero-order chi connectivity index (χ0) is 17.0. The van der Waals surface area contributed by atoms with Gasteiger partial charge in [0.15, 0.2) is 5.82 Å². The van der Waals surface area contributed by atoms with Crippen molar-refractivity contribution >= 4 is 17.4 Å². The molecule has 3 N–H and O–H groups in total. The van der Waals surface area contributed by atoms with Gasteiger partial charge < -0.3 is 15.6 Å². The van der Waals surface area contributed by atoms with Crippen molar-refractivity contribution in [1.82, 2.24) is 15.1 Å². The van der Waals surface area contributed by atoms with Crippen LogP contribution in [-0.4, -0.2) is 32.5 Å². The average molecular weight is 320 g/mol. The molecule has 0 spiro atoms. The van der Waals surface area contributed by atoms with Crippen LogP contribution in [0.3, 0.4) is 0 Å². The van der Waals surface area contributed by atoms with Gasteiger partial charge in [-0.1, -0.05) is 19.0 Å². The molecule has 2 rings (SSSR count). The monoisotopic (exact) mass is 320 g/mol. The van der Waals surface area contributed by atoms with E-state index in [0.29, 0.717) is 24.7 Å². The van der Waals surface area contributed by atoms with Gasteiger partial charge in [-0.3, -0.25) is 14.9 Å². The van der Waals surface area contributed by atoms with Crippen LogP contribution in [0, 0.1) is 10.1 Å². The lowest BCUT2D eigenvalue weighted by Crippen LogP contribution is -2.17. The molecule has 0 fully saturated rings. The van der Waals surface area contributed by atoms with Gasteiger partial charge in [0.2, 0.25) is 5.89 Å². The zero-order valence-corrected chi connectivity index (χ0v) is 12.6. The minimum absolute atomic E-state index is 0.0485. The quantitative estimate of drug-likeness (QED) is 0.571. The maximum Gasteiger partial charge on any atom is 0.288 e. The smallest absolute Gasteiger partial charge is 0.288 e. The van der Waals surface area contributed by atoms with Gasteiger partial charge in [0.05, 0.1) is 10.5 Å². The second kappa shape index (κ2) is 6.81. The molecule has 2 heterocycles. The summed E-state index contributed by atoms with van der Waals surface area (Å²) < 4.78 is 5.09. The molecular weight excluding hydrogens is 304 g/mol. The number of nitrogens with zero attached hydrogens (tertiary/aromatic N) is 4. The van der Waals surface area contributed by atoms with E-state index in [9.17, 15) is 14.9 Å². The lowest BCUT2D eigenvalue weighted by Gasteiger charge is -2.07. The summed E-state index contributed by atoms with van der Waals surface area (Å²) in [6.07, 6.45) is 1.47. The van der Waals surface area contributed by atoms with Crippen LogP contribution in [0.1, 0.15) is 41.8 Å². The third-order valence-electron chi connectivity index (χ3n) is 2.98. The molecular formula is C13H16N6O4. The third kappa shape index (κ3) is 3.99. The minimum Gasteiger partial charge on any atom is -0.369 e. The molecule has 0 aliphatic rings. The number of rotatable bonds is 7. The lowest BCUT2D eigenvalue weighted by molar-refractivity contribution is -0.385. The van der Waals surface area contributed by atoms with Gasteiger partial charge in [-0.25, -0.2) is 4.98 Å². The number of amides is 1. The summed E-state index contributed by atoms with van der Waals surface area (Å²) in [5.41, 5.74) is 4.87. The van der Waals surface area contributed by atoms with Crippen LogP contribution >= 0.6 is 0 Å². The molecule has 2 aromatic rings. The van der Waals surface area contributed by atoms with E-state index in [1.165, 1.54) is 0 Å². The first-order chi connectivity index (χ1) is 10.9. The van der Waals surface area contributed by atoms with E-state index < -0.39 is 10.8 Å². The number of anilines is 1. The average Bonchev–Trinajstić information content (AvgIpc) is 2.96. The summed E-state index contributed by atoms with van der Waals surface area (Å²) in [6, 6.07) is 1.08. The first-order valence-corrected chi connectivity index (χ1v) is 6.89. The van der Waals surface area contributed by atoms with Crippen molar-refractivity contribution in [3.8, 4) is 0 Å². The van der Waals surface area contributed by atoms with Crippen LogP contribution in [-0.2, 0) is 6.42 Å². The Morgan fingerprint density at radius 2 is 2.26 bits per heavy atom. The molecule has 23 heavy (non-hydrogen) atoms. The molecule has 2 aromatic heterocycles. The van der Waals surface area contributed by atoms with Crippen LogP contribution in [0.25, 0.3) is 0 Å². The second-order valence-corrected chi connectivity index (χ2v) is 5.09. The number of hydrogen-bond donors (Lipinski definition) is 2. The fourth-order valence-corrected chi connectivity index (χ4v) is 1.77. The van der Waals surface area contributed by atoms with Crippen LogP contribution in [0.4, 0.5) is 11.5 Å². The van der Waals surface area contributed by atoms with E-state index in [1.807, 2.05) is 13.8 Å². The Kier molecular flexibility index (Phi) is 4.84. The van der Waals surface area contributed by atoms with E-state index in [1.54, 1.807) is 0 Å². The van der Waals surface area contributed by atoms with E-state index in [4.69, 9.17) is 10.3 Å². The largest absolute Gasteiger partial charge is 0.369 e. The molecule has 0 bridgehead atoms. The van der Waals surface area contributed by atoms with Gasteiger partial charge in [-0.15, -0.1) is 0 Å². The normalized spacial score (nSPS) is 10.7. The van der Waals surface area contributed by atoms with Crippen molar-refractivity contribution in [2.24, 2.45) is 5.73 Å². The highest BCUT2D eigenvalue weighted by molar-refractivity contribution is 5.98. The van der Waals surface area contributed by atoms with Gasteiger partial charge in [-0.2, -0.15) is 4.98 Å². The molecule has 0 saturated heterocycles. The fraction of sp³-hybridized carbons (Fsp3) is 0.385. The highest BCUT2D eigenvalue weighted by atomic mass is 16.6. The summed E-state index contributed by atoms with van der Waals surface area (Å²) in [6.45, 7) is 4.25. The van der Waals surface area contributed by atoms with Gasteiger partial charge in [0.1, 0.15) is 12.0 Å². The molecule has 10 heteroatoms. The Morgan fingerprint density at radius 1 is 1.52 bits per heavy atom. The fourth-order valence-electron chi connectivity index (χ4n) is 1.77. The number of primary amides is 1. The van der Waals surface area contributed by atoms with Crippen molar-refractivity contribution in [2.75, 3.05) is 11.9 Å². The van der Waals surface area contributed by atoms with E-state index in [0.717, 1.165) is 12.3 Å². The predicted octanol–water partition coefficient (Wildman–Crippen LogP) is 1.25. The topological polar surface area (TPSA) is 150 Å². The van der Waals surface area contributed by atoms with Crippen LogP contribution in [0.5, 0.6) is 0 Å². The van der Waals surface area contributed by atoms with E-state index in [2.05, 4.69) is 20.4 Å². The number of carbonyl (C=O) groups excluding carboxylic acids is 1. The zero-order valence-electron chi connectivity index (χ0n) is 12.6. The Bertz CT molecular complexity index is 727. The molecule has 0 aliphatic heterocycles. The molecule has 0 saturated carbocycles. The number of pyridine rings is 1. The van der Waals surface area contributed by atoms with Crippen molar-refractivity contribution in [3.63, 3.8) is 0 Å². The van der Waals surface area contributed by atoms with Gasteiger partial charge in [0, 0.05) is 24.9 Å². The predicted molar refractivity (Wildman–Crippen MR) is 80.0 cm³/mol. The number of nitrogens with two attached hydrogens (primary N) is 1. The maximum absolute atomic E-state index is 11.4. The first-order valence-electron chi connectivity index (χ1n) is 6.89. The summed E-state index contributed by atoms with van der Waals surface area (Å²) in [5, 5.41) is 17.4.